The number of aryl methyl sites for hydroxylation is 2. The molecule has 2 rings (SSSR count). The van der Waals surface area contributed by atoms with Crippen LogP contribution in [0.2, 0.25) is 0 Å². The summed E-state index contributed by atoms with van der Waals surface area (Å²) in [4.78, 5) is 0. The molecule has 1 N–H and O–H groups in total. The molecule has 0 atom stereocenters. The van der Waals surface area contributed by atoms with Crippen LogP contribution in [-0.2, 0) is 6.42 Å². The minimum atomic E-state index is 0.253. The second-order valence-corrected chi connectivity index (χ2v) is 3.16. The highest BCUT2D eigenvalue weighted by Crippen LogP contribution is 2.27. The third-order valence-electron chi connectivity index (χ3n) is 2.15. The summed E-state index contributed by atoms with van der Waals surface area (Å²) in [7, 11) is 0. The summed E-state index contributed by atoms with van der Waals surface area (Å²) in [6, 6.07) is 4.09. The minimum absolute atomic E-state index is 0.253. The van der Waals surface area contributed by atoms with Crippen LogP contribution >= 0.6 is 0 Å². The third-order valence-corrected chi connectivity index (χ3v) is 2.15. The molecule has 0 aliphatic rings. The zero-order chi connectivity index (χ0) is 8.55. The van der Waals surface area contributed by atoms with Gasteiger partial charge in [0.2, 0.25) is 0 Å². The van der Waals surface area contributed by atoms with Gasteiger partial charge in [-0.2, -0.15) is 0 Å². The molecule has 0 unspecified atom stereocenters. The largest absolute Gasteiger partial charge is 0.457 e. The van der Waals surface area contributed by atoms with Crippen molar-refractivity contribution >= 4 is 11.2 Å². The molecule has 2 bridgehead atoms. The first-order valence-corrected chi connectivity index (χ1v) is 4.23. The summed E-state index contributed by atoms with van der Waals surface area (Å²) in [5.74, 6) is 0. The van der Waals surface area contributed by atoms with Gasteiger partial charge in [0, 0.05) is 6.61 Å². The molecule has 2 nitrogen and oxygen atoms in total. The highest BCUT2D eigenvalue weighted by molar-refractivity contribution is 5.70. The Morgan fingerprint density at radius 2 is 2.25 bits per heavy atom. The van der Waals surface area contributed by atoms with E-state index in [0.29, 0.717) is 0 Å². The lowest BCUT2D eigenvalue weighted by atomic mass is 10.1. The molecule has 0 aliphatic heterocycles. The lowest BCUT2D eigenvalue weighted by Gasteiger charge is -1.95. The normalized spacial score (nSPS) is 11.5. The summed E-state index contributed by atoms with van der Waals surface area (Å²) in [5.41, 5.74) is 4.41. The molecule has 64 valence electrons. The van der Waals surface area contributed by atoms with Crippen LogP contribution in [-0.4, -0.2) is 11.7 Å². The standard InChI is InChI=1S/C10H12O2/c1-7-5-9-6-8(3-2-4-11)10(7)12-9/h5-6,11H,2-4H2,1H3. The molecule has 0 saturated heterocycles. The molecule has 2 heterocycles. The van der Waals surface area contributed by atoms with Gasteiger partial charge < -0.3 is 9.52 Å². The van der Waals surface area contributed by atoms with E-state index in [1.165, 1.54) is 11.1 Å². The predicted molar refractivity (Wildman–Crippen MR) is 47.5 cm³/mol. The quantitative estimate of drug-likeness (QED) is 0.753. The highest BCUT2D eigenvalue weighted by Gasteiger charge is 2.09. The van der Waals surface area contributed by atoms with Crippen LogP contribution in [0.4, 0.5) is 0 Å². The van der Waals surface area contributed by atoms with E-state index in [1.54, 1.807) is 0 Å². The van der Waals surface area contributed by atoms with Gasteiger partial charge in [-0.25, -0.2) is 0 Å². The van der Waals surface area contributed by atoms with E-state index in [0.717, 1.165) is 24.0 Å². The fraction of sp³-hybridized carbons (Fsp3) is 0.400. The molecule has 0 radical (unpaired) electrons. The average molecular weight is 164 g/mol. The number of aliphatic hydroxyl groups is 1. The van der Waals surface area contributed by atoms with Gasteiger partial charge in [0.15, 0.2) is 0 Å². The summed E-state index contributed by atoms with van der Waals surface area (Å²) in [5, 5.41) is 8.66. The zero-order valence-corrected chi connectivity index (χ0v) is 7.13. The number of rotatable bonds is 3. The molecule has 2 aromatic heterocycles. The van der Waals surface area contributed by atoms with Crippen LogP contribution in [0.5, 0.6) is 0 Å². The zero-order valence-electron chi connectivity index (χ0n) is 7.13. The molecular weight excluding hydrogens is 152 g/mol. The molecule has 2 heteroatoms. The molecular formula is C10H12O2. The van der Waals surface area contributed by atoms with Crippen molar-refractivity contribution in [3.05, 3.63) is 23.3 Å². The first kappa shape index (κ1) is 7.62. The van der Waals surface area contributed by atoms with Crippen molar-refractivity contribution in [2.75, 3.05) is 6.61 Å². The molecule has 0 amide bonds. The Balaban J connectivity index is 2.27. The molecule has 2 aromatic rings. The number of benzene rings is 1. The average Bonchev–Trinajstić information content (AvgIpc) is 2.58. The van der Waals surface area contributed by atoms with Crippen molar-refractivity contribution in [3.63, 3.8) is 0 Å². The first-order valence-electron chi connectivity index (χ1n) is 4.23. The van der Waals surface area contributed by atoms with Gasteiger partial charge in [-0.3, -0.25) is 0 Å². The maximum atomic E-state index is 8.66. The monoisotopic (exact) mass is 164 g/mol. The van der Waals surface area contributed by atoms with Gasteiger partial charge in [0.05, 0.1) is 0 Å². The maximum Gasteiger partial charge on any atom is 0.133 e. The Hall–Kier alpha value is -1.02. The van der Waals surface area contributed by atoms with E-state index in [-0.39, 0.29) is 6.61 Å². The van der Waals surface area contributed by atoms with E-state index in [1.807, 2.05) is 13.0 Å². The van der Waals surface area contributed by atoms with Gasteiger partial charge in [-0.1, -0.05) is 0 Å². The minimum Gasteiger partial charge on any atom is -0.457 e. The lowest BCUT2D eigenvalue weighted by molar-refractivity contribution is 0.288. The fourth-order valence-electron chi connectivity index (χ4n) is 1.59. The molecule has 0 spiro atoms. The van der Waals surface area contributed by atoms with Crippen molar-refractivity contribution in [1.82, 2.24) is 0 Å². The Labute approximate surface area is 71.1 Å². The Morgan fingerprint density at radius 3 is 2.83 bits per heavy atom. The molecule has 12 heavy (non-hydrogen) atoms. The topological polar surface area (TPSA) is 33.4 Å². The molecule has 0 fully saturated rings. The second-order valence-electron chi connectivity index (χ2n) is 3.16. The van der Waals surface area contributed by atoms with Crippen LogP contribution in [0.25, 0.3) is 11.2 Å². The Morgan fingerprint density at radius 1 is 1.42 bits per heavy atom. The van der Waals surface area contributed by atoms with E-state index in [9.17, 15) is 0 Å². The van der Waals surface area contributed by atoms with Gasteiger partial charge >= 0.3 is 0 Å². The predicted octanol–water partition coefficient (Wildman–Crippen LogP) is 2.10. The first-order chi connectivity index (χ1) is 5.81. The third kappa shape index (κ3) is 1.08. The van der Waals surface area contributed by atoms with Crippen molar-refractivity contribution in [1.29, 1.82) is 0 Å². The van der Waals surface area contributed by atoms with E-state index in [4.69, 9.17) is 9.52 Å². The summed E-state index contributed by atoms with van der Waals surface area (Å²) in [6.07, 6.45) is 1.74. The van der Waals surface area contributed by atoms with Gasteiger partial charge in [-0.05, 0) is 43.0 Å². The van der Waals surface area contributed by atoms with Gasteiger partial charge in [-0.15, -0.1) is 0 Å². The SMILES string of the molecule is Cc1cc2cc(CCCO)c1o2. The lowest BCUT2D eigenvalue weighted by Crippen LogP contribution is -1.88. The summed E-state index contributed by atoms with van der Waals surface area (Å²) in [6.45, 7) is 2.30. The molecule has 0 aliphatic carbocycles. The van der Waals surface area contributed by atoms with Gasteiger partial charge in [0.1, 0.15) is 11.2 Å². The number of hydrogen-bond acceptors (Lipinski definition) is 2. The van der Waals surface area contributed by atoms with Crippen LogP contribution in [0, 0.1) is 6.92 Å². The van der Waals surface area contributed by atoms with Crippen LogP contribution in [0.3, 0.4) is 0 Å². The van der Waals surface area contributed by atoms with Crippen molar-refractivity contribution in [3.8, 4) is 0 Å². The maximum absolute atomic E-state index is 8.66. The molecule has 0 saturated carbocycles. The number of fused-ring (bicyclic) bond motifs is 2. The van der Waals surface area contributed by atoms with Gasteiger partial charge in [0.25, 0.3) is 0 Å². The Kier molecular flexibility index (Phi) is 1.77. The Bertz CT molecular complexity index is 362. The number of furan rings is 2. The summed E-state index contributed by atoms with van der Waals surface area (Å²) < 4.78 is 5.46. The van der Waals surface area contributed by atoms with E-state index in [2.05, 4.69) is 6.07 Å². The van der Waals surface area contributed by atoms with Crippen LogP contribution in [0.15, 0.2) is 16.5 Å². The number of aliphatic hydroxyl groups excluding tert-OH is 1. The van der Waals surface area contributed by atoms with Crippen molar-refractivity contribution in [2.24, 2.45) is 0 Å². The second kappa shape index (κ2) is 2.79. The molecule has 0 aromatic carbocycles. The van der Waals surface area contributed by atoms with Crippen molar-refractivity contribution < 1.29 is 9.52 Å². The highest BCUT2D eigenvalue weighted by atomic mass is 16.3. The van der Waals surface area contributed by atoms with E-state index < -0.39 is 0 Å². The van der Waals surface area contributed by atoms with E-state index >= 15 is 0 Å². The summed E-state index contributed by atoms with van der Waals surface area (Å²) >= 11 is 0. The van der Waals surface area contributed by atoms with Crippen LogP contribution in [0.1, 0.15) is 17.5 Å². The number of hydrogen-bond donors (Lipinski definition) is 1. The fourth-order valence-corrected chi connectivity index (χ4v) is 1.59. The van der Waals surface area contributed by atoms with Crippen molar-refractivity contribution in [2.45, 2.75) is 19.8 Å². The van der Waals surface area contributed by atoms with Crippen LogP contribution < -0.4 is 0 Å². The smallest absolute Gasteiger partial charge is 0.133 e.